The molecule has 5 nitrogen and oxygen atoms in total. The number of ether oxygens (including phenoxy) is 1. The van der Waals surface area contributed by atoms with Crippen LogP contribution in [0.2, 0.25) is 0 Å². The first-order valence-electron chi connectivity index (χ1n) is 5.69. The van der Waals surface area contributed by atoms with Crippen molar-refractivity contribution in [3.8, 4) is 5.75 Å². The molecule has 0 atom stereocenters. The monoisotopic (exact) mass is 235 g/mol. The van der Waals surface area contributed by atoms with E-state index in [1.54, 1.807) is 26.4 Å². The predicted molar refractivity (Wildman–Crippen MR) is 63.8 cm³/mol. The minimum absolute atomic E-state index is 0.147. The Balaban J connectivity index is 2.33. The van der Waals surface area contributed by atoms with Crippen molar-refractivity contribution in [2.45, 2.75) is 25.5 Å². The third kappa shape index (κ3) is 2.55. The molecule has 1 aliphatic carbocycles. The first-order chi connectivity index (χ1) is 8.13. The summed E-state index contributed by atoms with van der Waals surface area (Å²) in [7, 11) is 3.39. The van der Waals surface area contributed by atoms with Gasteiger partial charge in [-0.25, -0.2) is 0 Å². The van der Waals surface area contributed by atoms with Crippen LogP contribution in [0.15, 0.2) is 12.3 Å². The van der Waals surface area contributed by atoms with Crippen LogP contribution in [0.5, 0.6) is 5.75 Å². The molecule has 1 aromatic rings. The summed E-state index contributed by atoms with van der Waals surface area (Å²) in [4.78, 5) is 17.5. The summed E-state index contributed by atoms with van der Waals surface area (Å²) >= 11 is 0. The Kier molecular flexibility index (Phi) is 3.28. The van der Waals surface area contributed by atoms with Gasteiger partial charge in [0.05, 0.1) is 6.10 Å². The fraction of sp³-hybridized carbons (Fsp3) is 0.500. The fourth-order valence-electron chi connectivity index (χ4n) is 1.54. The molecule has 1 amide bonds. The smallest absolute Gasteiger partial charge is 0.272 e. The molecule has 1 saturated carbocycles. The number of pyridine rings is 1. The van der Waals surface area contributed by atoms with Crippen LogP contribution in [0.1, 0.15) is 28.9 Å². The van der Waals surface area contributed by atoms with E-state index in [2.05, 4.69) is 4.98 Å². The molecule has 5 heteroatoms. The van der Waals surface area contributed by atoms with E-state index in [1.165, 1.54) is 4.90 Å². The molecule has 0 saturated heterocycles. The summed E-state index contributed by atoms with van der Waals surface area (Å²) in [5, 5.41) is 0. The van der Waals surface area contributed by atoms with Gasteiger partial charge in [-0.15, -0.1) is 0 Å². The fourth-order valence-corrected chi connectivity index (χ4v) is 1.54. The quantitative estimate of drug-likeness (QED) is 0.837. The summed E-state index contributed by atoms with van der Waals surface area (Å²) in [5.41, 5.74) is 6.77. The minimum atomic E-state index is -0.147. The average molecular weight is 235 g/mol. The Bertz CT molecular complexity index is 428. The Morgan fingerprint density at radius 1 is 1.59 bits per heavy atom. The molecule has 0 bridgehead atoms. The van der Waals surface area contributed by atoms with Crippen LogP contribution >= 0.6 is 0 Å². The first kappa shape index (κ1) is 11.9. The lowest BCUT2D eigenvalue weighted by molar-refractivity contribution is 0.0820. The topological polar surface area (TPSA) is 68.5 Å². The number of rotatable bonds is 4. The molecule has 0 aliphatic heterocycles. The van der Waals surface area contributed by atoms with Crippen molar-refractivity contribution in [2.75, 3.05) is 14.1 Å². The number of aromatic nitrogens is 1. The number of nitrogens with two attached hydrogens (primary N) is 1. The van der Waals surface area contributed by atoms with Crippen molar-refractivity contribution in [2.24, 2.45) is 5.73 Å². The van der Waals surface area contributed by atoms with E-state index >= 15 is 0 Å². The van der Waals surface area contributed by atoms with Gasteiger partial charge < -0.3 is 15.4 Å². The summed E-state index contributed by atoms with van der Waals surface area (Å²) < 4.78 is 5.73. The Morgan fingerprint density at radius 3 is 2.82 bits per heavy atom. The summed E-state index contributed by atoms with van der Waals surface area (Å²) in [6.45, 7) is 0.255. The van der Waals surface area contributed by atoms with Crippen LogP contribution in [-0.2, 0) is 6.54 Å². The Labute approximate surface area is 101 Å². The first-order valence-corrected chi connectivity index (χ1v) is 5.69. The van der Waals surface area contributed by atoms with Gasteiger partial charge in [0.15, 0.2) is 0 Å². The molecule has 2 N–H and O–H groups in total. The van der Waals surface area contributed by atoms with E-state index in [-0.39, 0.29) is 18.6 Å². The summed E-state index contributed by atoms with van der Waals surface area (Å²) in [6, 6.07) is 1.77. The van der Waals surface area contributed by atoms with Crippen molar-refractivity contribution in [3.05, 3.63) is 23.5 Å². The van der Waals surface area contributed by atoms with Gasteiger partial charge in [-0.2, -0.15) is 0 Å². The van der Waals surface area contributed by atoms with E-state index in [9.17, 15) is 4.79 Å². The van der Waals surface area contributed by atoms with Gasteiger partial charge in [0.25, 0.3) is 5.91 Å². The third-order valence-electron chi connectivity index (χ3n) is 2.64. The maximum Gasteiger partial charge on any atom is 0.272 e. The number of hydrogen-bond donors (Lipinski definition) is 1. The molecule has 1 fully saturated rings. The maximum absolute atomic E-state index is 11.9. The second-order valence-electron chi connectivity index (χ2n) is 4.36. The lowest BCUT2D eigenvalue weighted by Crippen LogP contribution is -2.25. The van der Waals surface area contributed by atoms with Gasteiger partial charge >= 0.3 is 0 Å². The molecule has 17 heavy (non-hydrogen) atoms. The lowest BCUT2D eigenvalue weighted by atomic mass is 10.1. The molecule has 1 heterocycles. The van der Waals surface area contributed by atoms with Crippen LogP contribution in [0.3, 0.4) is 0 Å². The van der Waals surface area contributed by atoms with E-state index in [4.69, 9.17) is 10.5 Å². The average Bonchev–Trinajstić information content (AvgIpc) is 3.11. The number of nitrogens with zero attached hydrogens (tertiary/aromatic N) is 2. The Hall–Kier alpha value is -1.62. The van der Waals surface area contributed by atoms with Crippen LogP contribution in [0, 0.1) is 0 Å². The van der Waals surface area contributed by atoms with Crippen LogP contribution in [0.25, 0.3) is 0 Å². The highest BCUT2D eigenvalue weighted by Crippen LogP contribution is 2.30. The second kappa shape index (κ2) is 4.71. The zero-order valence-electron chi connectivity index (χ0n) is 10.1. The second-order valence-corrected chi connectivity index (χ2v) is 4.36. The summed E-state index contributed by atoms with van der Waals surface area (Å²) in [6.07, 6.45) is 4.02. The van der Waals surface area contributed by atoms with Crippen LogP contribution in [0.4, 0.5) is 0 Å². The van der Waals surface area contributed by atoms with Crippen molar-refractivity contribution >= 4 is 5.91 Å². The third-order valence-corrected chi connectivity index (χ3v) is 2.64. The van der Waals surface area contributed by atoms with Crippen molar-refractivity contribution in [1.82, 2.24) is 9.88 Å². The number of amides is 1. The van der Waals surface area contributed by atoms with E-state index < -0.39 is 0 Å². The highest BCUT2D eigenvalue weighted by Gasteiger charge is 2.26. The highest BCUT2D eigenvalue weighted by atomic mass is 16.5. The molecule has 0 radical (unpaired) electrons. The number of hydrogen-bond acceptors (Lipinski definition) is 4. The molecule has 0 spiro atoms. The zero-order valence-corrected chi connectivity index (χ0v) is 10.1. The number of carbonyl (C=O) groups is 1. The number of carbonyl (C=O) groups excluding carboxylic acids is 1. The highest BCUT2D eigenvalue weighted by molar-refractivity contribution is 5.94. The molecule has 2 rings (SSSR count). The normalized spacial score (nSPS) is 14.5. The zero-order chi connectivity index (χ0) is 12.4. The molecular formula is C12H17N3O2. The van der Waals surface area contributed by atoms with Crippen molar-refractivity contribution in [1.29, 1.82) is 0 Å². The van der Waals surface area contributed by atoms with Gasteiger partial charge in [-0.3, -0.25) is 9.78 Å². The molecule has 1 aliphatic rings. The standard InChI is InChI=1S/C12H17N3O2/c1-15(2)12(16)11-9(7-13)10(5-6-14-11)17-8-3-4-8/h5-6,8H,3-4,7,13H2,1-2H3. The van der Waals surface area contributed by atoms with Crippen molar-refractivity contribution in [3.63, 3.8) is 0 Å². The minimum Gasteiger partial charge on any atom is -0.490 e. The van der Waals surface area contributed by atoms with Gasteiger partial charge in [0.1, 0.15) is 11.4 Å². The van der Waals surface area contributed by atoms with E-state index in [0.717, 1.165) is 12.8 Å². The van der Waals surface area contributed by atoms with Crippen molar-refractivity contribution < 1.29 is 9.53 Å². The van der Waals surface area contributed by atoms with Crippen LogP contribution < -0.4 is 10.5 Å². The van der Waals surface area contributed by atoms with Gasteiger partial charge in [0.2, 0.25) is 0 Å². The van der Waals surface area contributed by atoms with Crippen LogP contribution in [-0.4, -0.2) is 36.0 Å². The Morgan fingerprint density at radius 2 is 2.29 bits per heavy atom. The summed E-state index contributed by atoms with van der Waals surface area (Å²) in [5.74, 6) is 0.543. The molecule has 0 unspecified atom stereocenters. The molecular weight excluding hydrogens is 218 g/mol. The SMILES string of the molecule is CN(C)C(=O)c1nccc(OC2CC2)c1CN. The van der Waals surface area contributed by atoms with Gasteiger partial charge in [0, 0.05) is 32.4 Å². The van der Waals surface area contributed by atoms with E-state index in [1.807, 2.05) is 0 Å². The largest absolute Gasteiger partial charge is 0.490 e. The molecule has 0 aromatic carbocycles. The van der Waals surface area contributed by atoms with Gasteiger partial charge in [-0.1, -0.05) is 0 Å². The molecule has 1 aromatic heterocycles. The maximum atomic E-state index is 11.9. The lowest BCUT2D eigenvalue weighted by Gasteiger charge is -2.15. The van der Waals surface area contributed by atoms with E-state index in [0.29, 0.717) is 17.0 Å². The predicted octanol–water partition coefficient (Wildman–Crippen LogP) is 0.783. The molecule has 92 valence electrons. The van der Waals surface area contributed by atoms with Gasteiger partial charge in [-0.05, 0) is 18.9 Å².